The van der Waals surface area contributed by atoms with Gasteiger partial charge in [-0.1, -0.05) is 59.6 Å². The molecular formula is C29H24Cl2N6O3. The molecule has 11 heteroatoms. The lowest BCUT2D eigenvalue weighted by Gasteiger charge is -2.20. The zero-order valence-corrected chi connectivity index (χ0v) is 22.5. The van der Waals surface area contributed by atoms with E-state index >= 15 is 0 Å². The molecule has 4 aromatic rings. The van der Waals surface area contributed by atoms with E-state index in [4.69, 9.17) is 28.9 Å². The Hall–Kier alpha value is -4.60. The fourth-order valence-electron chi connectivity index (χ4n) is 4.46. The van der Waals surface area contributed by atoms with Crippen LogP contribution in [0.15, 0.2) is 95.3 Å². The minimum absolute atomic E-state index is 0.0445. The van der Waals surface area contributed by atoms with E-state index in [0.29, 0.717) is 39.8 Å². The molecule has 0 aliphatic carbocycles. The first-order valence-electron chi connectivity index (χ1n) is 12.3. The monoisotopic (exact) mass is 574 g/mol. The van der Waals surface area contributed by atoms with Crippen LogP contribution >= 0.6 is 23.2 Å². The molecule has 2 heterocycles. The molecule has 1 aliphatic heterocycles. The highest BCUT2D eigenvalue weighted by atomic mass is 35.5. The van der Waals surface area contributed by atoms with E-state index in [-0.39, 0.29) is 17.5 Å². The Morgan fingerprint density at radius 3 is 2.62 bits per heavy atom. The lowest BCUT2D eigenvalue weighted by Crippen LogP contribution is -2.34. The Balaban J connectivity index is 1.49. The molecule has 1 aromatic heterocycles. The number of carbonyl (C=O) groups excluding carboxylic acids is 2. The molecule has 1 aliphatic rings. The lowest BCUT2D eigenvalue weighted by molar-refractivity contribution is -0.119. The fraction of sp³-hybridized carbons (Fsp3) is 0.103. The number of nitrogens with one attached hydrogen (secondary N) is 3. The zero-order valence-electron chi connectivity index (χ0n) is 21.0. The molecule has 0 saturated carbocycles. The number of benzene rings is 3. The first-order valence-corrected chi connectivity index (χ1v) is 13.1. The van der Waals surface area contributed by atoms with Crippen LogP contribution in [0.2, 0.25) is 5.02 Å². The number of aromatic nitrogens is 2. The van der Waals surface area contributed by atoms with Gasteiger partial charge in [-0.25, -0.2) is 4.98 Å². The van der Waals surface area contributed by atoms with Crippen molar-refractivity contribution in [3.63, 3.8) is 0 Å². The van der Waals surface area contributed by atoms with E-state index < -0.39 is 17.5 Å². The van der Waals surface area contributed by atoms with Crippen molar-refractivity contribution < 1.29 is 9.59 Å². The maximum atomic E-state index is 13.6. The Kier molecular flexibility index (Phi) is 7.86. The normalized spacial score (nSPS) is 13.3. The van der Waals surface area contributed by atoms with E-state index in [9.17, 15) is 14.4 Å². The van der Waals surface area contributed by atoms with Gasteiger partial charge >= 0.3 is 0 Å². The third kappa shape index (κ3) is 6.01. The van der Waals surface area contributed by atoms with E-state index in [2.05, 4.69) is 20.9 Å². The maximum absolute atomic E-state index is 13.6. The second-order valence-corrected chi connectivity index (χ2v) is 10.0. The summed E-state index contributed by atoms with van der Waals surface area (Å²) in [6.07, 6.45) is 2.98. The van der Waals surface area contributed by atoms with Gasteiger partial charge < -0.3 is 21.7 Å². The average molecular weight is 575 g/mol. The average Bonchev–Trinajstić information content (AvgIpc) is 3.31. The van der Waals surface area contributed by atoms with Crippen molar-refractivity contribution in [3.8, 4) is 11.3 Å². The molecule has 0 radical (unpaired) electrons. The molecule has 5 N–H and O–H groups in total. The van der Waals surface area contributed by atoms with Crippen LogP contribution in [-0.2, 0) is 17.8 Å². The van der Waals surface area contributed by atoms with Gasteiger partial charge in [-0.05, 0) is 41.5 Å². The number of carbonyl (C=O) groups is 2. The van der Waals surface area contributed by atoms with Gasteiger partial charge in [0, 0.05) is 52.8 Å². The van der Waals surface area contributed by atoms with E-state index in [0.717, 1.165) is 11.1 Å². The standard InChI is InChI=1S/C29H24Cl2N6O3/c30-19-7-9-23(33-15-26(31)32)22(11-19)24-13-27(38)37(16-35-24)25(10-17-4-2-1-3-5-17)29(40)36-20-8-6-18-14-34-28(39)21(18)12-20/h1-9,11-13,15-16,25,33H,10,14,32H2,(H,34,39)(H,36,40)/b26-15-. The Bertz CT molecular complexity index is 1680. The maximum Gasteiger partial charge on any atom is 0.254 e. The summed E-state index contributed by atoms with van der Waals surface area (Å²) < 4.78 is 1.29. The minimum Gasteiger partial charge on any atom is -0.388 e. The number of nitrogens with zero attached hydrogens (tertiary/aromatic N) is 2. The Labute approximate surface area is 239 Å². The molecule has 0 fully saturated rings. The molecule has 9 nitrogen and oxygen atoms in total. The number of halogens is 2. The van der Waals surface area contributed by atoms with Crippen LogP contribution < -0.4 is 27.2 Å². The molecule has 202 valence electrons. The first kappa shape index (κ1) is 27.0. The van der Waals surface area contributed by atoms with Crippen molar-refractivity contribution >= 4 is 46.4 Å². The van der Waals surface area contributed by atoms with E-state index in [1.807, 2.05) is 30.3 Å². The first-order chi connectivity index (χ1) is 19.3. The quantitative estimate of drug-likeness (QED) is 0.227. The third-order valence-corrected chi connectivity index (χ3v) is 6.77. The number of rotatable bonds is 8. The number of nitrogens with two attached hydrogens (primary N) is 1. The van der Waals surface area contributed by atoms with Crippen molar-refractivity contribution in [1.29, 1.82) is 0 Å². The van der Waals surface area contributed by atoms with Gasteiger partial charge in [-0.15, -0.1) is 0 Å². The topological polar surface area (TPSA) is 131 Å². The Morgan fingerprint density at radius 1 is 1.07 bits per heavy atom. The molecule has 2 amide bonds. The summed E-state index contributed by atoms with van der Waals surface area (Å²) in [5.41, 5.74) is 9.25. The smallest absolute Gasteiger partial charge is 0.254 e. The van der Waals surface area contributed by atoms with Gasteiger partial charge in [0.15, 0.2) is 0 Å². The van der Waals surface area contributed by atoms with Gasteiger partial charge in [0.1, 0.15) is 11.2 Å². The van der Waals surface area contributed by atoms with Crippen LogP contribution in [0, 0.1) is 0 Å². The molecule has 3 aromatic carbocycles. The van der Waals surface area contributed by atoms with Gasteiger partial charge in [0.2, 0.25) is 5.91 Å². The van der Waals surface area contributed by atoms with Crippen LogP contribution in [0.1, 0.15) is 27.5 Å². The van der Waals surface area contributed by atoms with Crippen LogP contribution in [0.3, 0.4) is 0 Å². The van der Waals surface area contributed by atoms with Crippen molar-refractivity contribution in [2.24, 2.45) is 5.73 Å². The highest BCUT2D eigenvalue weighted by molar-refractivity contribution is 6.31. The molecule has 0 saturated heterocycles. The van der Waals surface area contributed by atoms with Gasteiger partial charge in [-0.2, -0.15) is 0 Å². The summed E-state index contributed by atoms with van der Waals surface area (Å²) in [5, 5.41) is 9.09. The van der Waals surface area contributed by atoms with Crippen LogP contribution in [0.5, 0.6) is 0 Å². The fourth-order valence-corrected chi connectivity index (χ4v) is 4.69. The Morgan fingerprint density at radius 2 is 1.88 bits per heavy atom. The summed E-state index contributed by atoms with van der Waals surface area (Å²) in [4.78, 5) is 43.6. The number of hydrogen-bond donors (Lipinski definition) is 4. The van der Waals surface area contributed by atoms with Crippen LogP contribution in [0.4, 0.5) is 11.4 Å². The molecule has 0 bridgehead atoms. The molecule has 5 rings (SSSR count). The number of fused-ring (bicyclic) bond motifs is 1. The van der Waals surface area contributed by atoms with Crippen molar-refractivity contribution in [1.82, 2.24) is 14.9 Å². The molecule has 0 spiro atoms. The highest BCUT2D eigenvalue weighted by Crippen LogP contribution is 2.30. The summed E-state index contributed by atoms with van der Waals surface area (Å²) in [6.45, 7) is 0.450. The summed E-state index contributed by atoms with van der Waals surface area (Å²) in [7, 11) is 0. The van der Waals surface area contributed by atoms with Gasteiger partial charge in [0.25, 0.3) is 11.5 Å². The van der Waals surface area contributed by atoms with Crippen molar-refractivity contribution in [2.75, 3.05) is 10.6 Å². The van der Waals surface area contributed by atoms with Crippen molar-refractivity contribution in [2.45, 2.75) is 19.0 Å². The molecule has 1 atom stereocenters. The molecule has 1 unspecified atom stereocenters. The largest absolute Gasteiger partial charge is 0.388 e. The van der Waals surface area contributed by atoms with Crippen molar-refractivity contribution in [3.05, 3.63) is 123 Å². The number of amides is 2. The molecular weight excluding hydrogens is 551 g/mol. The predicted octanol–water partition coefficient (Wildman–Crippen LogP) is 4.64. The summed E-state index contributed by atoms with van der Waals surface area (Å²) in [5.74, 6) is -0.617. The molecule has 40 heavy (non-hydrogen) atoms. The SMILES string of the molecule is N/C(Cl)=C\Nc1ccc(Cl)cc1-c1cc(=O)n(C(Cc2ccccc2)C(=O)Nc2ccc3c(c2)C(=O)NC3)cn1. The predicted molar refractivity (Wildman–Crippen MR) is 156 cm³/mol. The summed E-state index contributed by atoms with van der Waals surface area (Å²) >= 11 is 12.0. The van der Waals surface area contributed by atoms with Gasteiger partial charge in [0.05, 0.1) is 12.0 Å². The third-order valence-electron chi connectivity index (χ3n) is 6.43. The second-order valence-electron chi connectivity index (χ2n) is 9.13. The van der Waals surface area contributed by atoms with Gasteiger partial charge in [-0.3, -0.25) is 19.0 Å². The van der Waals surface area contributed by atoms with E-state index in [1.165, 1.54) is 23.2 Å². The van der Waals surface area contributed by atoms with Crippen LogP contribution in [-0.4, -0.2) is 21.4 Å². The number of hydrogen-bond acceptors (Lipinski definition) is 6. The highest BCUT2D eigenvalue weighted by Gasteiger charge is 2.25. The zero-order chi connectivity index (χ0) is 28.2. The minimum atomic E-state index is -0.922. The van der Waals surface area contributed by atoms with E-state index in [1.54, 1.807) is 36.4 Å². The second kappa shape index (κ2) is 11.6. The summed E-state index contributed by atoms with van der Waals surface area (Å²) in [6, 6.07) is 20.0. The number of anilines is 2. The van der Waals surface area contributed by atoms with Crippen LogP contribution in [0.25, 0.3) is 11.3 Å². The lowest BCUT2D eigenvalue weighted by atomic mass is 10.0.